The standard InChI is InChI=1S/C12H20N4O2S/c17-19(18,10-11-2-1-3-13-8-11)16-7-6-15-5-4-14-12(15)9-16/h4-5,11,13H,1-3,6-10H2. The number of fused-ring (bicyclic) bond motifs is 1. The first-order valence-electron chi connectivity index (χ1n) is 6.84. The average molecular weight is 284 g/mol. The summed E-state index contributed by atoms with van der Waals surface area (Å²) in [4.78, 5) is 4.21. The molecule has 0 bridgehead atoms. The second kappa shape index (κ2) is 5.22. The molecule has 2 aliphatic rings. The molecule has 1 aromatic heterocycles. The Hall–Kier alpha value is -0.920. The minimum Gasteiger partial charge on any atom is -0.333 e. The maximum absolute atomic E-state index is 12.4. The highest BCUT2D eigenvalue weighted by Crippen LogP contribution is 2.19. The molecule has 1 saturated heterocycles. The van der Waals surface area contributed by atoms with Crippen LogP contribution in [0.25, 0.3) is 0 Å². The molecule has 3 rings (SSSR count). The first kappa shape index (κ1) is 13.1. The van der Waals surface area contributed by atoms with Gasteiger partial charge in [-0.15, -0.1) is 0 Å². The molecular formula is C12H20N4O2S. The van der Waals surface area contributed by atoms with Crippen LogP contribution >= 0.6 is 0 Å². The van der Waals surface area contributed by atoms with Gasteiger partial charge in [-0.05, 0) is 31.8 Å². The number of nitrogens with zero attached hydrogens (tertiary/aromatic N) is 3. The summed E-state index contributed by atoms with van der Waals surface area (Å²) in [5.41, 5.74) is 0. The fourth-order valence-corrected chi connectivity index (χ4v) is 4.62. The Morgan fingerprint density at radius 2 is 2.32 bits per heavy atom. The molecular weight excluding hydrogens is 264 g/mol. The van der Waals surface area contributed by atoms with Crippen molar-refractivity contribution in [2.75, 3.05) is 25.4 Å². The van der Waals surface area contributed by atoms with E-state index in [2.05, 4.69) is 10.3 Å². The zero-order chi connectivity index (χ0) is 13.3. The molecule has 0 saturated carbocycles. The molecule has 1 unspecified atom stereocenters. The van der Waals surface area contributed by atoms with Gasteiger partial charge in [-0.1, -0.05) is 0 Å². The van der Waals surface area contributed by atoms with Crippen LogP contribution in [0.15, 0.2) is 12.4 Å². The molecule has 0 aromatic carbocycles. The summed E-state index contributed by atoms with van der Waals surface area (Å²) >= 11 is 0. The average Bonchev–Trinajstić information content (AvgIpc) is 2.86. The highest BCUT2D eigenvalue weighted by atomic mass is 32.2. The van der Waals surface area contributed by atoms with Crippen molar-refractivity contribution < 1.29 is 8.42 Å². The SMILES string of the molecule is O=S(=O)(CC1CCCNC1)N1CCn2ccnc2C1. The molecule has 1 fully saturated rings. The minimum absolute atomic E-state index is 0.250. The smallest absolute Gasteiger partial charge is 0.214 e. The van der Waals surface area contributed by atoms with Crippen LogP contribution in [0.1, 0.15) is 18.7 Å². The number of hydrogen-bond acceptors (Lipinski definition) is 4. The van der Waals surface area contributed by atoms with E-state index in [4.69, 9.17) is 0 Å². The number of nitrogens with one attached hydrogen (secondary N) is 1. The third-order valence-corrected chi connectivity index (χ3v) is 5.94. The van der Waals surface area contributed by atoms with Crippen LogP contribution in [-0.2, 0) is 23.1 Å². The molecule has 0 radical (unpaired) electrons. The summed E-state index contributed by atoms with van der Waals surface area (Å²) in [6.07, 6.45) is 5.72. The van der Waals surface area contributed by atoms with Gasteiger partial charge in [0, 0.05) is 25.5 Å². The van der Waals surface area contributed by atoms with Crippen LogP contribution in [0, 0.1) is 5.92 Å². The van der Waals surface area contributed by atoms with Crippen LogP contribution in [0.5, 0.6) is 0 Å². The van der Waals surface area contributed by atoms with Gasteiger partial charge in [0.1, 0.15) is 5.82 Å². The predicted molar refractivity (Wildman–Crippen MR) is 72.0 cm³/mol. The van der Waals surface area contributed by atoms with Gasteiger partial charge >= 0.3 is 0 Å². The van der Waals surface area contributed by atoms with Gasteiger partial charge in [0.2, 0.25) is 10.0 Å². The minimum atomic E-state index is -3.16. The number of aromatic nitrogens is 2. The van der Waals surface area contributed by atoms with Crippen molar-refractivity contribution in [3.05, 3.63) is 18.2 Å². The van der Waals surface area contributed by atoms with E-state index in [9.17, 15) is 8.42 Å². The molecule has 7 heteroatoms. The van der Waals surface area contributed by atoms with Crippen LogP contribution in [0.4, 0.5) is 0 Å². The number of piperidine rings is 1. The predicted octanol–water partition coefficient (Wildman–Crippen LogP) is 0.0281. The Balaban J connectivity index is 1.67. The van der Waals surface area contributed by atoms with E-state index in [-0.39, 0.29) is 11.7 Å². The van der Waals surface area contributed by atoms with Crippen molar-refractivity contribution in [3.8, 4) is 0 Å². The number of hydrogen-bond donors (Lipinski definition) is 1. The van der Waals surface area contributed by atoms with Gasteiger partial charge in [0.25, 0.3) is 0 Å². The van der Waals surface area contributed by atoms with Crippen molar-refractivity contribution in [3.63, 3.8) is 0 Å². The van der Waals surface area contributed by atoms with Crippen molar-refractivity contribution in [2.24, 2.45) is 5.92 Å². The first-order valence-corrected chi connectivity index (χ1v) is 8.44. The lowest BCUT2D eigenvalue weighted by Gasteiger charge is -2.30. The largest absolute Gasteiger partial charge is 0.333 e. The van der Waals surface area contributed by atoms with Gasteiger partial charge in [0.15, 0.2) is 0 Å². The van der Waals surface area contributed by atoms with Crippen LogP contribution in [0.2, 0.25) is 0 Å². The maximum atomic E-state index is 12.4. The van der Waals surface area contributed by atoms with Crippen molar-refractivity contribution in [1.82, 2.24) is 19.2 Å². The third-order valence-electron chi connectivity index (χ3n) is 3.95. The molecule has 0 amide bonds. The molecule has 3 heterocycles. The van der Waals surface area contributed by atoms with E-state index < -0.39 is 10.0 Å². The van der Waals surface area contributed by atoms with Crippen molar-refractivity contribution in [1.29, 1.82) is 0 Å². The van der Waals surface area contributed by atoms with E-state index in [1.54, 1.807) is 10.5 Å². The van der Waals surface area contributed by atoms with Gasteiger partial charge in [-0.2, -0.15) is 4.31 Å². The Morgan fingerprint density at radius 1 is 1.42 bits per heavy atom. The van der Waals surface area contributed by atoms with E-state index in [1.807, 2.05) is 10.8 Å². The van der Waals surface area contributed by atoms with Crippen LogP contribution < -0.4 is 5.32 Å². The summed E-state index contributed by atoms with van der Waals surface area (Å²) in [5.74, 6) is 1.36. The van der Waals surface area contributed by atoms with Gasteiger partial charge in [0.05, 0.1) is 12.3 Å². The van der Waals surface area contributed by atoms with Crippen LogP contribution in [0.3, 0.4) is 0 Å². The fourth-order valence-electron chi connectivity index (χ4n) is 2.86. The fraction of sp³-hybridized carbons (Fsp3) is 0.750. The quantitative estimate of drug-likeness (QED) is 0.850. The lowest BCUT2D eigenvalue weighted by atomic mass is 10.0. The Kier molecular flexibility index (Phi) is 3.60. The van der Waals surface area contributed by atoms with Gasteiger partial charge < -0.3 is 9.88 Å². The second-order valence-electron chi connectivity index (χ2n) is 5.36. The third kappa shape index (κ3) is 2.82. The monoisotopic (exact) mass is 284 g/mol. The van der Waals surface area contributed by atoms with E-state index in [1.165, 1.54) is 0 Å². The van der Waals surface area contributed by atoms with Gasteiger partial charge in [-0.25, -0.2) is 13.4 Å². The zero-order valence-electron chi connectivity index (χ0n) is 11.0. The Bertz CT molecular complexity index is 534. The molecule has 106 valence electrons. The topological polar surface area (TPSA) is 67.2 Å². The molecule has 19 heavy (non-hydrogen) atoms. The Labute approximate surface area is 113 Å². The Morgan fingerprint density at radius 3 is 3.11 bits per heavy atom. The normalized spacial score (nSPS) is 25.2. The summed E-state index contributed by atoms with van der Waals surface area (Å²) < 4.78 is 28.5. The highest BCUT2D eigenvalue weighted by Gasteiger charge is 2.30. The first-order chi connectivity index (χ1) is 9.15. The van der Waals surface area contributed by atoms with Crippen molar-refractivity contribution in [2.45, 2.75) is 25.9 Å². The van der Waals surface area contributed by atoms with Gasteiger partial charge in [-0.3, -0.25) is 0 Å². The van der Waals surface area contributed by atoms with E-state index >= 15 is 0 Å². The zero-order valence-corrected chi connectivity index (χ0v) is 11.8. The molecule has 1 aromatic rings. The van der Waals surface area contributed by atoms with E-state index in [0.717, 1.165) is 31.8 Å². The summed E-state index contributed by atoms with van der Waals surface area (Å²) in [6, 6.07) is 0. The molecule has 0 spiro atoms. The molecule has 0 aliphatic carbocycles. The second-order valence-corrected chi connectivity index (χ2v) is 7.37. The van der Waals surface area contributed by atoms with E-state index in [0.29, 0.717) is 19.6 Å². The maximum Gasteiger partial charge on any atom is 0.214 e. The molecule has 6 nitrogen and oxygen atoms in total. The van der Waals surface area contributed by atoms with Crippen LogP contribution in [-0.4, -0.2) is 47.7 Å². The number of sulfonamides is 1. The lowest BCUT2D eigenvalue weighted by Crippen LogP contribution is -2.43. The highest BCUT2D eigenvalue weighted by molar-refractivity contribution is 7.89. The number of imidazole rings is 1. The summed E-state index contributed by atoms with van der Waals surface area (Å²) in [6.45, 7) is 3.51. The van der Waals surface area contributed by atoms with Crippen molar-refractivity contribution >= 4 is 10.0 Å². The molecule has 2 aliphatic heterocycles. The molecule has 1 atom stereocenters. The lowest BCUT2D eigenvalue weighted by molar-refractivity contribution is 0.327. The summed E-state index contributed by atoms with van der Waals surface area (Å²) in [7, 11) is -3.16. The summed E-state index contributed by atoms with van der Waals surface area (Å²) in [5, 5.41) is 3.27. The molecule has 1 N–H and O–H groups in total. The number of rotatable bonds is 3.